The predicted octanol–water partition coefficient (Wildman–Crippen LogP) is 2.70. The van der Waals surface area contributed by atoms with Gasteiger partial charge in [0.1, 0.15) is 0 Å². The summed E-state index contributed by atoms with van der Waals surface area (Å²) in [4.78, 5) is 31.1. The molecular weight excluding hydrogens is 356 g/mol. The molecule has 1 aliphatic rings. The van der Waals surface area contributed by atoms with E-state index in [0.717, 1.165) is 10.8 Å². The van der Waals surface area contributed by atoms with Gasteiger partial charge in [-0.05, 0) is 42.7 Å². The molecule has 4 rings (SSSR count). The number of carbonyl (C=O) groups excluding carboxylic acids is 2. The summed E-state index contributed by atoms with van der Waals surface area (Å²) in [7, 11) is 0. The highest BCUT2D eigenvalue weighted by Crippen LogP contribution is 2.21. The summed E-state index contributed by atoms with van der Waals surface area (Å²) in [6, 6.07) is 13.8. The first-order valence-corrected chi connectivity index (χ1v) is 9.45. The van der Waals surface area contributed by atoms with Crippen LogP contribution in [0.1, 0.15) is 34.9 Å². The van der Waals surface area contributed by atoms with Gasteiger partial charge in [-0.3, -0.25) is 9.59 Å². The Morgan fingerprint density at radius 1 is 1.14 bits per heavy atom. The van der Waals surface area contributed by atoms with E-state index in [1.54, 1.807) is 6.92 Å². The van der Waals surface area contributed by atoms with Crippen LogP contribution in [0.15, 0.2) is 47.0 Å². The Kier molecular flexibility index (Phi) is 5.06. The summed E-state index contributed by atoms with van der Waals surface area (Å²) in [5.74, 6) is 0.823. The van der Waals surface area contributed by atoms with Crippen LogP contribution < -0.4 is 5.32 Å². The molecule has 0 atom stereocenters. The second kappa shape index (κ2) is 7.80. The number of rotatable bonds is 4. The minimum Gasteiger partial charge on any atom is -0.347 e. The molecule has 0 unspecified atom stereocenters. The lowest BCUT2D eigenvalue weighted by Gasteiger charge is -2.31. The van der Waals surface area contributed by atoms with Crippen molar-refractivity contribution < 1.29 is 14.1 Å². The predicted molar refractivity (Wildman–Crippen MR) is 103 cm³/mol. The zero-order valence-electron chi connectivity index (χ0n) is 15.7. The summed E-state index contributed by atoms with van der Waals surface area (Å²) >= 11 is 0. The fourth-order valence-electron chi connectivity index (χ4n) is 3.57. The number of fused-ring (bicyclic) bond motifs is 1. The van der Waals surface area contributed by atoms with Crippen LogP contribution in [0.25, 0.3) is 10.8 Å². The first kappa shape index (κ1) is 18.2. The quantitative estimate of drug-likeness (QED) is 0.754. The Balaban J connectivity index is 1.32. The number of hydrogen-bond donors (Lipinski definition) is 1. The first-order valence-electron chi connectivity index (χ1n) is 9.45. The molecule has 7 heteroatoms. The fourth-order valence-corrected chi connectivity index (χ4v) is 3.57. The number of carbonyl (C=O) groups is 2. The van der Waals surface area contributed by atoms with Crippen LogP contribution in [-0.4, -0.2) is 39.9 Å². The number of aromatic nitrogens is 2. The van der Waals surface area contributed by atoms with Crippen molar-refractivity contribution >= 4 is 22.6 Å². The molecule has 0 spiro atoms. The molecule has 0 radical (unpaired) electrons. The molecule has 2 amide bonds. The number of likely N-dealkylation sites (tertiary alicyclic amines) is 1. The zero-order valence-corrected chi connectivity index (χ0v) is 15.7. The molecule has 28 heavy (non-hydrogen) atoms. The number of benzene rings is 2. The summed E-state index contributed by atoms with van der Waals surface area (Å²) < 4.78 is 5.00. The van der Waals surface area contributed by atoms with Crippen molar-refractivity contribution in [3.05, 3.63) is 59.7 Å². The Bertz CT molecular complexity index is 1010. The number of piperidine rings is 1. The molecule has 1 saturated heterocycles. The summed E-state index contributed by atoms with van der Waals surface area (Å²) in [6.45, 7) is 3.11. The molecule has 2 aromatic carbocycles. The van der Waals surface area contributed by atoms with E-state index in [9.17, 15) is 9.59 Å². The topological polar surface area (TPSA) is 88.3 Å². The highest BCUT2D eigenvalue weighted by atomic mass is 16.5. The monoisotopic (exact) mass is 378 g/mol. The Morgan fingerprint density at radius 3 is 2.61 bits per heavy atom. The van der Waals surface area contributed by atoms with Crippen LogP contribution in [-0.2, 0) is 11.3 Å². The first-order chi connectivity index (χ1) is 13.6. The van der Waals surface area contributed by atoms with Gasteiger partial charge in [0.05, 0.1) is 6.54 Å². The van der Waals surface area contributed by atoms with Crippen molar-refractivity contribution in [2.75, 3.05) is 13.1 Å². The van der Waals surface area contributed by atoms with Crippen molar-refractivity contribution in [3.63, 3.8) is 0 Å². The Hall–Kier alpha value is -3.22. The number of nitrogens with zero attached hydrogens (tertiary/aromatic N) is 3. The number of nitrogens with one attached hydrogen (secondary N) is 1. The average Bonchev–Trinajstić information content (AvgIpc) is 3.16. The lowest BCUT2D eigenvalue weighted by Crippen LogP contribution is -2.42. The molecule has 3 aromatic rings. The van der Waals surface area contributed by atoms with Crippen molar-refractivity contribution in [1.82, 2.24) is 20.4 Å². The molecule has 1 fully saturated rings. The van der Waals surface area contributed by atoms with Crippen LogP contribution >= 0.6 is 0 Å². The molecular formula is C21H22N4O3. The van der Waals surface area contributed by atoms with Gasteiger partial charge in [-0.15, -0.1) is 0 Å². The lowest BCUT2D eigenvalue weighted by molar-refractivity contribution is -0.126. The maximum absolute atomic E-state index is 12.8. The molecule has 144 valence electrons. The van der Waals surface area contributed by atoms with Crippen LogP contribution in [0.2, 0.25) is 0 Å². The minimum atomic E-state index is -0.107. The van der Waals surface area contributed by atoms with Crippen LogP contribution in [0, 0.1) is 12.8 Å². The lowest BCUT2D eigenvalue weighted by atomic mass is 9.95. The molecule has 1 aromatic heterocycles. The second-order valence-electron chi connectivity index (χ2n) is 7.08. The summed E-state index contributed by atoms with van der Waals surface area (Å²) in [5.41, 5.74) is 0.688. The molecule has 2 heterocycles. The molecule has 1 aliphatic heterocycles. The van der Waals surface area contributed by atoms with E-state index in [1.807, 2.05) is 47.4 Å². The van der Waals surface area contributed by atoms with Crippen LogP contribution in [0.3, 0.4) is 0 Å². The van der Waals surface area contributed by atoms with Crippen molar-refractivity contribution in [3.8, 4) is 0 Å². The van der Waals surface area contributed by atoms with Gasteiger partial charge in [-0.25, -0.2) is 0 Å². The Morgan fingerprint density at radius 2 is 1.89 bits per heavy atom. The third kappa shape index (κ3) is 3.88. The van der Waals surface area contributed by atoms with E-state index in [4.69, 9.17) is 4.52 Å². The smallest absolute Gasteiger partial charge is 0.253 e. The van der Waals surface area contributed by atoms with Crippen molar-refractivity contribution in [2.45, 2.75) is 26.3 Å². The molecule has 1 N–H and O–H groups in total. The van der Waals surface area contributed by atoms with E-state index in [2.05, 4.69) is 15.5 Å². The largest absolute Gasteiger partial charge is 0.347 e. The second-order valence-corrected chi connectivity index (χ2v) is 7.08. The Labute approximate surface area is 162 Å². The van der Waals surface area contributed by atoms with Crippen LogP contribution in [0.5, 0.6) is 0 Å². The maximum atomic E-state index is 12.8. The van der Waals surface area contributed by atoms with Gasteiger partial charge in [-0.2, -0.15) is 4.98 Å². The van der Waals surface area contributed by atoms with Gasteiger partial charge < -0.3 is 14.7 Å². The molecule has 0 aliphatic carbocycles. The number of hydrogen-bond acceptors (Lipinski definition) is 5. The van der Waals surface area contributed by atoms with Gasteiger partial charge in [0.2, 0.25) is 11.8 Å². The van der Waals surface area contributed by atoms with E-state index < -0.39 is 0 Å². The molecule has 0 bridgehead atoms. The molecule has 7 nitrogen and oxygen atoms in total. The number of amides is 2. The normalized spacial score (nSPS) is 15.0. The van der Waals surface area contributed by atoms with Gasteiger partial charge in [0.25, 0.3) is 5.91 Å². The molecule has 0 saturated carbocycles. The van der Waals surface area contributed by atoms with E-state index in [0.29, 0.717) is 43.2 Å². The van der Waals surface area contributed by atoms with E-state index in [1.165, 1.54) is 0 Å². The van der Waals surface area contributed by atoms with Gasteiger partial charge in [-0.1, -0.05) is 35.5 Å². The third-order valence-electron chi connectivity index (χ3n) is 5.13. The fraction of sp³-hybridized carbons (Fsp3) is 0.333. The van der Waals surface area contributed by atoms with E-state index in [-0.39, 0.29) is 24.3 Å². The van der Waals surface area contributed by atoms with Crippen molar-refractivity contribution in [1.29, 1.82) is 0 Å². The third-order valence-corrected chi connectivity index (χ3v) is 5.13. The summed E-state index contributed by atoms with van der Waals surface area (Å²) in [6.07, 6.45) is 1.29. The van der Waals surface area contributed by atoms with Gasteiger partial charge in [0.15, 0.2) is 5.82 Å². The average molecular weight is 378 g/mol. The van der Waals surface area contributed by atoms with E-state index >= 15 is 0 Å². The van der Waals surface area contributed by atoms with Gasteiger partial charge in [0, 0.05) is 24.6 Å². The van der Waals surface area contributed by atoms with Crippen molar-refractivity contribution in [2.24, 2.45) is 5.92 Å². The number of aryl methyl sites for hydroxylation is 1. The van der Waals surface area contributed by atoms with Crippen LogP contribution in [0.4, 0.5) is 0 Å². The SMILES string of the molecule is Cc1noc(CNC(=O)C2CCN(C(=O)c3ccc4ccccc4c3)CC2)n1. The zero-order chi connectivity index (χ0) is 19.5. The summed E-state index contributed by atoms with van der Waals surface area (Å²) in [5, 5.41) is 8.71. The minimum absolute atomic E-state index is 0.0194. The standard InChI is InChI=1S/C21H22N4O3/c1-14-23-19(28-24-14)13-22-20(26)16-8-10-25(11-9-16)21(27)18-7-6-15-4-2-3-5-17(15)12-18/h2-7,12,16H,8-11,13H2,1H3,(H,22,26). The highest BCUT2D eigenvalue weighted by molar-refractivity contribution is 5.98. The van der Waals surface area contributed by atoms with Gasteiger partial charge >= 0.3 is 0 Å². The maximum Gasteiger partial charge on any atom is 0.253 e. The highest BCUT2D eigenvalue weighted by Gasteiger charge is 2.28.